The van der Waals surface area contributed by atoms with Crippen LogP contribution in [0, 0.1) is 5.92 Å². The number of aliphatic carboxylic acids is 1. The summed E-state index contributed by atoms with van der Waals surface area (Å²) in [5.41, 5.74) is -1.30. The number of nitrogens with zero attached hydrogens (tertiary/aromatic N) is 1. The zero-order valence-electron chi connectivity index (χ0n) is 11.6. The molecule has 0 aliphatic heterocycles. The molecule has 0 heterocycles. The van der Waals surface area contributed by atoms with Crippen molar-refractivity contribution in [3.8, 4) is 0 Å². The minimum absolute atomic E-state index is 0.107. The molecule has 0 unspecified atom stereocenters. The predicted molar refractivity (Wildman–Crippen MR) is 63.3 cm³/mol. The van der Waals surface area contributed by atoms with E-state index in [4.69, 9.17) is 0 Å². The second-order valence-corrected chi connectivity index (χ2v) is 6.29. The summed E-state index contributed by atoms with van der Waals surface area (Å²) < 4.78 is 0.320. The molecule has 0 aromatic heterocycles. The number of rotatable bonds is 7. The van der Waals surface area contributed by atoms with Gasteiger partial charge in [-0.05, 0) is 13.8 Å². The van der Waals surface area contributed by atoms with Gasteiger partial charge in [0.25, 0.3) is 0 Å². The lowest BCUT2D eigenvalue weighted by Crippen LogP contribution is -2.51. The molecular formula is C12H23NO5. The predicted octanol–water partition coefficient (Wildman–Crippen LogP) is -1.85. The summed E-state index contributed by atoms with van der Waals surface area (Å²) in [6, 6.07) is 0. The van der Waals surface area contributed by atoms with Crippen LogP contribution < -0.4 is 5.11 Å². The summed E-state index contributed by atoms with van der Waals surface area (Å²) in [5.74, 6) is -3.93. The third-order valence-corrected chi connectivity index (χ3v) is 2.33. The third-order valence-electron chi connectivity index (χ3n) is 2.33. The van der Waals surface area contributed by atoms with Gasteiger partial charge in [-0.3, -0.25) is 4.79 Å². The van der Waals surface area contributed by atoms with Crippen molar-refractivity contribution in [2.75, 3.05) is 27.7 Å². The number of Topliss-reactive ketones (excluding diaryl/α,β-unsaturated/α-hetero) is 1. The molecule has 0 aromatic carbocycles. The molecule has 18 heavy (non-hydrogen) atoms. The first-order chi connectivity index (χ1) is 7.83. The van der Waals surface area contributed by atoms with Crippen LogP contribution in [0.2, 0.25) is 0 Å². The van der Waals surface area contributed by atoms with Crippen LogP contribution in [0.15, 0.2) is 0 Å². The summed E-state index contributed by atoms with van der Waals surface area (Å²) in [4.78, 5) is 22.8. The lowest BCUT2D eigenvalue weighted by molar-refractivity contribution is -0.873. The average molecular weight is 261 g/mol. The number of hydrogen-bond donors (Lipinski definition) is 2. The van der Waals surface area contributed by atoms with Crippen LogP contribution in [-0.4, -0.2) is 65.8 Å². The Balaban J connectivity index is 4.87. The van der Waals surface area contributed by atoms with Crippen LogP contribution in [0.5, 0.6) is 0 Å². The Kier molecular flexibility index (Phi) is 5.46. The Morgan fingerprint density at radius 1 is 1.28 bits per heavy atom. The van der Waals surface area contributed by atoms with E-state index in [-0.39, 0.29) is 13.0 Å². The molecule has 2 atom stereocenters. The van der Waals surface area contributed by atoms with Gasteiger partial charge >= 0.3 is 0 Å². The molecule has 6 heteroatoms. The number of ketones is 1. The summed E-state index contributed by atoms with van der Waals surface area (Å²) in [6.07, 6.45) is -1.66. The fourth-order valence-corrected chi connectivity index (χ4v) is 1.71. The van der Waals surface area contributed by atoms with Gasteiger partial charge in [-0.25, -0.2) is 0 Å². The van der Waals surface area contributed by atoms with Crippen molar-refractivity contribution < 1.29 is 29.4 Å². The first kappa shape index (κ1) is 17.0. The highest BCUT2D eigenvalue weighted by molar-refractivity contribution is 5.98. The average Bonchev–Trinajstić information content (AvgIpc) is 1.93. The normalized spacial score (nSPS) is 16.2. The second-order valence-electron chi connectivity index (χ2n) is 6.29. The van der Waals surface area contributed by atoms with Crippen LogP contribution in [-0.2, 0) is 9.59 Å². The van der Waals surface area contributed by atoms with Crippen LogP contribution in [0.25, 0.3) is 0 Å². The lowest BCUT2D eigenvalue weighted by atomic mass is 9.89. The standard InChI is InChI=1S/C12H23NO5/c1-12(2,18)6-8(14)10(11(16)17)9(15)7-13(3,4)5/h9-10,15,18H,6-7H2,1-5H3/t9-,10-/m0/s1. The highest BCUT2D eigenvalue weighted by Crippen LogP contribution is 2.16. The molecule has 0 bridgehead atoms. The first-order valence-electron chi connectivity index (χ1n) is 5.78. The number of carboxylic acid groups (broad SMARTS) is 1. The van der Waals surface area contributed by atoms with Gasteiger partial charge in [-0.2, -0.15) is 0 Å². The minimum atomic E-state index is -1.61. The number of carbonyl (C=O) groups is 2. The maximum atomic E-state index is 11.8. The van der Waals surface area contributed by atoms with E-state index < -0.39 is 29.4 Å². The van der Waals surface area contributed by atoms with Crippen LogP contribution in [0.4, 0.5) is 0 Å². The molecule has 0 saturated carbocycles. The molecule has 0 amide bonds. The zero-order valence-corrected chi connectivity index (χ0v) is 11.6. The largest absolute Gasteiger partial charge is 0.549 e. The first-order valence-corrected chi connectivity index (χ1v) is 5.78. The molecule has 0 aromatic rings. The van der Waals surface area contributed by atoms with Crippen LogP contribution >= 0.6 is 0 Å². The van der Waals surface area contributed by atoms with Crippen molar-refractivity contribution in [3.63, 3.8) is 0 Å². The Morgan fingerprint density at radius 3 is 2.00 bits per heavy atom. The van der Waals surface area contributed by atoms with E-state index in [1.807, 2.05) is 0 Å². The van der Waals surface area contributed by atoms with E-state index >= 15 is 0 Å². The quantitative estimate of drug-likeness (QED) is 0.414. The molecule has 2 N–H and O–H groups in total. The summed E-state index contributed by atoms with van der Waals surface area (Å²) in [6.45, 7) is 2.92. The number of aliphatic hydroxyl groups is 2. The van der Waals surface area contributed by atoms with Crippen molar-refractivity contribution in [2.45, 2.75) is 32.0 Å². The Hall–Kier alpha value is -0.980. The van der Waals surface area contributed by atoms with Crippen molar-refractivity contribution in [2.24, 2.45) is 5.92 Å². The fourth-order valence-electron chi connectivity index (χ4n) is 1.71. The highest BCUT2D eigenvalue weighted by Gasteiger charge is 2.34. The maximum Gasteiger partial charge on any atom is 0.147 e. The molecule has 0 aliphatic rings. The van der Waals surface area contributed by atoms with Gasteiger partial charge in [0.05, 0.1) is 38.6 Å². The smallest absolute Gasteiger partial charge is 0.147 e. The topological polar surface area (TPSA) is 97.7 Å². The molecule has 6 nitrogen and oxygen atoms in total. The summed E-state index contributed by atoms with van der Waals surface area (Å²) in [7, 11) is 5.32. The molecule has 0 saturated heterocycles. The van der Waals surface area contributed by atoms with Crippen molar-refractivity contribution >= 4 is 11.8 Å². The maximum absolute atomic E-state index is 11.8. The minimum Gasteiger partial charge on any atom is -0.549 e. The van der Waals surface area contributed by atoms with Gasteiger partial charge in [-0.1, -0.05) is 0 Å². The Labute approximate surface area is 107 Å². The number of quaternary nitrogens is 1. The van der Waals surface area contributed by atoms with E-state index in [9.17, 15) is 24.9 Å². The van der Waals surface area contributed by atoms with Gasteiger partial charge in [0, 0.05) is 6.42 Å². The SMILES string of the molecule is CC(C)(O)CC(=O)[C@H](C(=O)[O-])[C@@H](O)C[N+](C)(C)C. The van der Waals surface area contributed by atoms with Crippen molar-refractivity contribution in [3.05, 3.63) is 0 Å². The lowest BCUT2D eigenvalue weighted by Gasteiger charge is -2.31. The number of carbonyl (C=O) groups excluding carboxylic acids is 2. The molecule has 0 radical (unpaired) electrons. The van der Waals surface area contributed by atoms with Crippen molar-refractivity contribution in [1.82, 2.24) is 0 Å². The van der Waals surface area contributed by atoms with Gasteiger partial charge in [0.1, 0.15) is 18.4 Å². The van der Waals surface area contributed by atoms with E-state index in [0.29, 0.717) is 4.48 Å². The number of carboxylic acids is 1. The molecule has 0 aliphatic carbocycles. The van der Waals surface area contributed by atoms with Gasteiger partial charge in [-0.15, -0.1) is 0 Å². The monoisotopic (exact) mass is 261 g/mol. The van der Waals surface area contributed by atoms with E-state index in [2.05, 4.69) is 0 Å². The number of hydrogen-bond acceptors (Lipinski definition) is 5. The fraction of sp³-hybridized carbons (Fsp3) is 0.833. The second kappa shape index (κ2) is 5.77. The highest BCUT2D eigenvalue weighted by atomic mass is 16.4. The molecule has 0 rings (SSSR count). The van der Waals surface area contributed by atoms with Crippen LogP contribution in [0.1, 0.15) is 20.3 Å². The van der Waals surface area contributed by atoms with E-state index in [1.54, 1.807) is 21.1 Å². The molecule has 106 valence electrons. The number of aliphatic hydroxyl groups excluding tert-OH is 1. The van der Waals surface area contributed by atoms with Gasteiger partial charge in [0.15, 0.2) is 0 Å². The number of likely N-dealkylation sites (N-methyl/N-ethyl adjacent to an activating group) is 1. The van der Waals surface area contributed by atoms with Crippen molar-refractivity contribution in [1.29, 1.82) is 0 Å². The zero-order chi connectivity index (χ0) is 14.7. The summed E-state index contributed by atoms with van der Waals surface area (Å²) in [5, 5.41) is 30.3. The van der Waals surface area contributed by atoms with E-state index in [1.165, 1.54) is 13.8 Å². The molecule has 0 spiro atoms. The molecular weight excluding hydrogens is 238 g/mol. The third kappa shape index (κ3) is 6.68. The van der Waals surface area contributed by atoms with Gasteiger partial charge in [0.2, 0.25) is 0 Å². The van der Waals surface area contributed by atoms with E-state index in [0.717, 1.165) is 0 Å². The van der Waals surface area contributed by atoms with Gasteiger partial charge < -0.3 is 24.6 Å². The van der Waals surface area contributed by atoms with Crippen LogP contribution in [0.3, 0.4) is 0 Å². The Bertz CT molecular complexity index is 313. The molecule has 0 fully saturated rings. The Morgan fingerprint density at radius 2 is 1.72 bits per heavy atom. The summed E-state index contributed by atoms with van der Waals surface area (Å²) >= 11 is 0.